The van der Waals surface area contributed by atoms with Crippen molar-refractivity contribution in [1.82, 2.24) is 10.2 Å². The summed E-state index contributed by atoms with van der Waals surface area (Å²) in [6.45, 7) is 7.72. The van der Waals surface area contributed by atoms with Crippen molar-refractivity contribution in [3.05, 3.63) is 35.4 Å². The Morgan fingerprint density at radius 1 is 0.970 bits per heavy atom. The number of ether oxygens (including phenoxy) is 1. The second kappa shape index (κ2) is 11.2. The van der Waals surface area contributed by atoms with Crippen molar-refractivity contribution >= 4 is 17.8 Å². The molecule has 2 aliphatic rings. The highest BCUT2D eigenvalue weighted by atomic mass is 16.6. The number of hydrogen-bond donors (Lipinski definition) is 1. The zero-order valence-corrected chi connectivity index (χ0v) is 20.7. The first-order valence-electron chi connectivity index (χ1n) is 12.5. The largest absolute Gasteiger partial charge is 0.460 e. The number of nitrogens with one attached hydrogen (secondary N) is 1. The Bertz CT molecular complexity index is 828. The average Bonchev–Trinajstić information content (AvgIpc) is 3.10. The molecule has 1 aromatic carbocycles. The molecule has 0 spiro atoms. The van der Waals surface area contributed by atoms with Crippen molar-refractivity contribution in [3.8, 4) is 0 Å². The fourth-order valence-corrected chi connectivity index (χ4v) is 4.95. The van der Waals surface area contributed by atoms with Crippen LogP contribution in [-0.4, -0.2) is 46.4 Å². The van der Waals surface area contributed by atoms with Gasteiger partial charge in [-0.05, 0) is 77.3 Å². The second-order valence-electron chi connectivity index (χ2n) is 10.6. The van der Waals surface area contributed by atoms with Gasteiger partial charge in [0.05, 0.1) is 0 Å². The molecule has 2 saturated heterocycles. The molecule has 0 saturated carbocycles. The SMILES string of the molecule is CC1CCC2CCCCC(NC(=O)CCc3ccc(CCC(=O)OC(C)(C)C)cc3)C(=O)N12. The lowest BCUT2D eigenvalue weighted by molar-refractivity contribution is -0.154. The van der Waals surface area contributed by atoms with Crippen molar-refractivity contribution in [2.45, 2.75) is 116 Å². The third-order valence-electron chi connectivity index (χ3n) is 6.66. The van der Waals surface area contributed by atoms with Gasteiger partial charge in [-0.3, -0.25) is 14.4 Å². The highest BCUT2D eigenvalue weighted by Gasteiger charge is 2.38. The van der Waals surface area contributed by atoms with Crippen molar-refractivity contribution in [1.29, 1.82) is 0 Å². The lowest BCUT2D eigenvalue weighted by Crippen LogP contribution is -2.52. The minimum atomic E-state index is -0.462. The van der Waals surface area contributed by atoms with Gasteiger partial charge < -0.3 is 15.0 Å². The van der Waals surface area contributed by atoms with Crippen LogP contribution in [0.1, 0.15) is 90.2 Å². The van der Waals surface area contributed by atoms with Gasteiger partial charge in [0.25, 0.3) is 0 Å². The molecule has 0 aromatic heterocycles. The molecule has 0 radical (unpaired) electrons. The van der Waals surface area contributed by atoms with Crippen LogP contribution in [0.15, 0.2) is 24.3 Å². The maximum atomic E-state index is 13.1. The quantitative estimate of drug-likeness (QED) is 0.620. The Labute approximate surface area is 198 Å². The first-order chi connectivity index (χ1) is 15.6. The third-order valence-corrected chi connectivity index (χ3v) is 6.66. The molecule has 0 bridgehead atoms. The monoisotopic (exact) mass is 456 g/mol. The van der Waals surface area contributed by atoms with Crippen LogP contribution in [-0.2, 0) is 32.0 Å². The number of carbonyl (C=O) groups excluding carboxylic acids is 3. The maximum Gasteiger partial charge on any atom is 0.306 e. The number of esters is 1. The van der Waals surface area contributed by atoms with Crippen LogP contribution in [0.3, 0.4) is 0 Å². The van der Waals surface area contributed by atoms with Crippen LogP contribution >= 0.6 is 0 Å². The van der Waals surface area contributed by atoms with Gasteiger partial charge in [-0.1, -0.05) is 37.1 Å². The van der Waals surface area contributed by atoms with Gasteiger partial charge in [-0.2, -0.15) is 0 Å². The van der Waals surface area contributed by atoms with E-state index >= 15 is 0 Å². The second-order valence-corrected chi connectivity index (χ2v) is 10.6. The van der Waals surface area contributed by atoms with E-state index in [1.54, 1.807) is 0 Å². The zero-order valence-electron chi connectivity index (χ0n) is 20.7. The summed E-state index contributed by atoms with van der Waals surface area (Å²) in [6.07, 6.45) is 8.04. The van der Waals surface area contributed by atoms with Crippen LogP contribution in [0.2, 0.25) is 0 Å². The molecular formula is C27H40N2O4. The third kappa shape index (κ3) is 7.58. The molecule has 6 heteroatoms. The number of amides is 2. The van der Waals surface area contributed by atoms with Crippen molar-refractivity contribution in [2.24, 2.45) is 0 Å². The molecule has 33 heavy (non-hydrogen) atoms. The normalized spacial score (nSPS) is 23.5. The summed E-state index contributed by atoms with van der Waals surface area (Å²) >= 11 is 0. The molecule has 3 atom stereocenters. The van der Waals surface area contributed by atoms with Gasteiger partial charge >= 0.3 is 5.97 Å². The van der Waals surface area contributed by atoms with Gasteiger partial charge in [0, 0.05) is 24.9 Å². The van der Waals surface area contributed by atoms with E-state index in [9.17, 15) is 14.4 Å². The van der Waals surface area contributed by atoms with E-state index in [1.165, 1.54) is 0 Å². The Kier molecular flexibility index (Phi) is 8.55. The van der Waals surface area contributed by atoms with E-state index in [2.05, 4.69) is 12.2 Å². The van der Waals surface area contributed by atoms with Crippen molar-refractivity contribution < 1.29 is 19.1 Å². The molecule has 3 unspecified atom stereocenters. The summed E-state index contributed by atoms with van der Waals surface area (Å²) in [4.78, 5) is 39.7. The van der Waals surface area contributed by atoms with E-state index in [-0.39, 0.29) is 23.8 Å². The Balaban J connectivity index is 1.45. The Morgan fingerprint density at radius 2 is 1.58 bits per heavy atom. The summed E-state index contributed by atoms with van der Waals surface area (Å²) < 4.78 is 5.35. The fraction of sp³-hybridized carbons (Fsp3) is 0.667. The number of carbonyl (C=O) groups is 3. The Hall–Kier alpha value is -2.37. The van der Waals surface area contributed by atoms with Crippen LogP contribution in [0.25, 0.3) is 0 Å². The average molecular weight is 457 g/mol. The summed E-state index contributed by atoms with van der Waals surface area (Å²) in [5.74, 6) is -0.152. The van der Waals surface area contributed by atoms with Crippen molar-refractivity contribution in [2.75, 3.05) is 0 Å². The van der Waals surface area contributed by atoms with Crippen LogP contribution in [0, 0.1) is 0 Å². The molecule has 2 heterocycles. The molecule has 0 aliphatic carbocycles. The summed E-state index contributed by atoms with van der Waals surface area (Å²) in [5.41, 5.74) is 1.68. The molecular weight excluding hydrogens is 416 g/mol. The highest BCUT2D eigenvalue weighted by molar-refractivity contribution is 5.88. The predicted octanol–water partition coefficient (Wildman–Crippen LogP) is 4.33. The number of nitrogens with zero attached hydrogens (tertiary/aromatic N) is 1. The minimum Gasteiger partial charge on any atom is -0.460 e. The van der Waals surface area contributed by atoms with E-state index in [0.717, 1.165) is 49.7 Å². The number of rotatable bonds is 7. The summed E-state index contributed by atoms with van der Waals surface area (Å²) in [6, 6.07) is 8.26. The van der Waals surface area contributed by atoms with E-state index < -0.39 is 11.6 Å². The molecule has 182 valence electrons. The smallest absolute Gasteiger partial charge is 0.306 e. The standard InChI is InChI=1S/C27H40N2O4/c1-19-9-16-22-7-5-6-8-23(26(32)29(19)22)28-24(30)17-14-20-10-12-21(13-11-20)15-18-25(31)33-27(2,3)4/h10-13,19,22-23H,5-9,14-18H2,1-4H3,(H,28,30). The number of hydrogen-bond acceptors (Lipinski definition) is 4. The van der Waals surface area contributed by atoms with E-state index in [4.69, 9.17) is 4.74 Å². The molecule has 1 N–H and O–H groups in total. The van der Waals surface area contributed by atoms with Crippen LogP contribution < -0.4 is 5.32 Å². The van der Waals surface area contributed by atoms with E-state index in [1.807, 2.05) is 49.9 Å². The Morgan fingerprint density at radius 3 is 2.21 bits per heavy atom. The zero-order chi connectivity index (χ0) is 24.0. The highest BCUT2D eigenvalue weighted by Crippen LogP contribution is 2.30. The molecule has 2 fully saturated rings. The molecule has 6 nitrogen and oxygen atoms in total. The van der Waals surface area contributed by atoms with Gasteiger partial charge in [0.15, 0.2) is 0 Å². The van der Waals surface area contributed by atoms with Gasteiger partial charge in [-0.15, -0.1) is 0 Å². The predicted molar refractivity (Wildman–Crippen MR) is 129 cm³/mol. The minimum absolute atomic E-state index is 0.0636. The fourth-order valence-electron chi connectivity index (χ4n) is 4.95. The lowest BCUT2D eigenvalue weighted by atomic mass is 9.98. The van der Waals surface area contributed by atoms with Gasteiger partial charge in [0.2, 0.25) is 11.8 Å². The topological polar surface area (TPSA) is 75.7 Å². The lowest BCUT2D eigenvalue weighted by Gasteiger charge is -2.34. The molecule has 1 aromatic rings. The molecule has 2 aliphatic heterocycles. The molecule has 2 amide bonds. The number of fused-ring (bicyclic) bond motifs is 1. The maximum absolute atomic E-state index is 13.1. The first-order valence-corrected chi connectivity index (χ1v) is 12.5. The van der Waals surface area contributed by atoms with E-state index in [0.29, 0.717) is 31.7 Å². The van der Waals surface area contributed by atoms with Gasteiger partial charge in [0.1, 0.15) is 11.6 Å². The molecule has 3 rings (SSSR count). The van der Waals surface area contributed by atoms with Crippen molar-refractivity contribution in [3.63, 3.8) is 0 Å². The van der Waals surface area contributed by atoms with Crippen LogP contribution in [0.4, 0.5) is 0 Å². The summed E-state index contributed by atoms with van der Waals surface area (Å²) in [5, 5.41) is 3.02. The number of benzene rings is 1. The first kappa shape index (κ1) is 25.3. The van der Waals surface area contributed by atoms with Crippen LogP contribution in [0.5, 0.6) is 0 Å². The van der Waals surface area contributed by atoms with Gasteiger partial charge in [-0.25, -0.2) is 0 Å². The summed E-state index contributed by atoms with van der Waals surface area (Å²) in [7, 11) is 0. The number of aryl methyl sites for hydroxylation is 2.